The minimum Gasteiger partial charge on any atom is -0.390 e. The topological polar surface area (TPSA) is 85.4 Å². The molecule has 0 fully saturated rings. The van der Waals surface area contributed by atoms with Gasteiger partial charge in [0.2, 0.25) is 0 Å². The number of fused-ring (bicyclic) bond motifs is 1. The van der Waals surface area contributed by atoms with Crippen LogP contribution in [0.15, 0.2) is 47.3 Å². The fourth-order valence-corrected chi connectivity index (χ4v) is 2.99. The number of hydrogen-bond acceptors (Lipinski definition) is 4. The van der Waals surface area contributed by atoms with Gasteiger partial charge in [-0.05, 0) is 29.1 Å². The van der Waals surface area contributed by atoms with Gasteiger partial charge in [0, 0.05) is 35.2 Å². The Labute approximate surface area is 141 Å². The van der Waals surface area contributed by atoms with Gasteiger partial charge in [0.15, 0.2) is 0 Å². The van der Waals surface area contributed by atoms with Crippen LogP contribution in [-0.2, 0) is 13.7 Å². The van der Waals surface area contributed by atoms with E-state index in [4.69, 9.17) is 11.6 Å². The number of nitro benzene ring substituents is 1. The number of non-ortho nitro benzene ring substituents is 1. The molecule has 0 bridgehead atoms. The first-order valence-electron chi connectivity index (χ1n) is 7.11. The number of aliphatic hydroxyl groups excluding tert-OH is 1. The molecule has 3 rings (SSSR count). The molecule has 24 heavy (non-hydrogen) atoms. The first-order valence-corrected chi connectivity index (χ1v) is 7.48. The van der Waals surface area contributed by atoms with E-state index in [-0.39, 0.29) is 17.9 Å². The fourth-order valence-electron chi connectivity index (χ4n) is 2.82. The van der Waals surface area contributed by atoms with Crippen molar-refractivity contribution < 1.29 is 10.0 Å². The highest BCUT2D eigenvalue weighted by molar-refractivity contribution is 6.31. The van der Waals surface area contributed by atoms with Gasteiger partial charge in [-0.2, -0.15) is 0 Å². The molecule has 0 amide bonds. The predicted octanol–water partition coefficient (Wildman–Crippen LogP) is 3.26. The number of pyridine rings is 1. The van der Waals surface area contributed by atoms with Crippen LogP contribution in [0.25, 0.3) is 21.9 Å². The zero-order chi connectivity index (χ0) is 17.4. The summed E-state index contributed by atoms with van der Waals surface area (Å²) in [5.74, 6) is 0. The zero-order valence-corrected chi connectivity index (χ0v) is 13.4. The molecule has 6 nitrogen and oxygen atoms in total. The Morgan fingerprint density at radius 3 is 2.62 bits per heavy atom. The van der Waals surface area contributed by atoms with Crippen LogP contribution >= 0.6 is 11.6 Å². The molecule has 1 N–H and O–H groups in total. The first kappa shape index (κ1) is 16.2. The lowest BCUT2D eigenvalue weighted by Gasteiger charge is -2.16. The van der Waals surface area contributed by atoms with E-state index in [9.17, 15) is 20.0 Å². The van der Waals surface area contributed by atoms with Gasteiger partial charge < -0.3 is 9.67 Å². The predicted molar refractivity (Wildman–Crippen MR) is 92.2 cm³/mol. The van der Waals surface area contributed by atoms with Gasteiger partial charge in [0.1, 0.15) is 0 Å². The smallest absolute Gasteiger partial charge is 0.270 e. The van der Waals surface area contributed by atoms with Crippen molar-refractivity contribution in [3.05, 3.63) is 73.6 Å². The molecule has 0 unspecified atom stereocenters. The van der Waals surface area contributed by atoms with Gasteiger partial charge >= 0.3 is 0 Å². The quantitative estimate of drug-likeness (QED) is 0.583. The summed E-state index contributed by atoms with van der Waals surface area (Å²) in [7, 11) is 1.56. The van der Waals surface area contributed by atoms with Crippen molar-refractivity contribution in [2.45, 2.75) is 6.61 Å². The molecule has 3 aromatic rings. The van der Waals surface area contributed by atoms with E-state index in [1.54, 1.807) is 37.4 Å². The van der Waals surface area contributed by atoms with Gasteiger partial charge in [-0.1, -0.05) is 23.7 Å². The Balaban J connectivity index is 2.48. The summed E-state index contributed by atoms with van der Waals surface area (Å²) in [4.78, 5) is 23.0. The van der Waals surface area contributed by atoms with E-state index in [1.807, 2.05) is 0 Å². The molecule has 0 aliphatic rings. The lowest BCUT2D eigenvalue weighted by atomic mass is 9.96. The Morgan fingerprint density at radius 2 is 1.96 bits per heavy atom. The number of hydrogen-bond donors (Lipinski definition) is 1. The number of halogens is 1. The standard InChI is InChI=1S/C17H13ClN2O4/c1-19-15(9-21)16(10-3-2-4-12(7-10)20(23)24)14-8-11(18)5-6-13(14)17(19)22/h2-8,21H,9H2,1H3. The fraction of sp³-hybridized carbons (Fsp3) is 0.118. The molecule has 0 saturated heterocycles. The van der Waals surface area contributed by atoms with Gasteiger partial charge in [-0.15, -0.1) is 0 Å². The number of benzene rings is 2. The van der Waals surface area contributed by atoms with Gasteiger partial charge in [-0.3, -0.25) is 14.9 Å². The van der Waals surface area contributed by atoms with Crippen molar-refractivity contribution in [2.24, 2.45) is 7.05 Å². The number of nitrogens with zero attached hydrogens (tertiary/aromatic N) is 2. The van der Waals surface area contributed by atoms with Crippen LogP contribution in [0.5, 0.6) is 0 Å². The second kappa shape index (κ2) is 6.07. The molecule has 1 aromatic heterocycles. The van der Waals surface area contributed by atoms with E-state index in [2.05, 4.69) is 0 Å². The summed E-state index contributed by atoms with van der Waals surface area (Å²) in [5.41, 5.74) is 1.13. The number of aliphatic hydroxyl groups is 1. The van der Waals surface area contributed by atoms with Crippen molar-refractivity contribution in [2.75, 3.05) is 0 Å². The van der Waals surface area contributed by atoms with Crippen LogP contribution < -0.4 is 5.56 Å². The number of aromatic nitrogens is 1. The second-order valence-corrected chi connectivity index (χ2v) is 5.78. The molecule has 122 valence electrons. The molecule has 7 heteroatoms. The summed E-state index contributed by atoms with van der Waals surface area (Å²) in [6.45, 7) is -0.383. The molecule has 2 aromatic carbocycles. The summed E-state index contributed by atoms with van der Waals surface area (Å²) >= 11 is 6.07. The maximum Gasteiger partial charge on any atom is 0.270 e. The van der Waals surface area contributed by atoms with Crippen molar-refractivity contribution in [3.8, 4) is 11.1 Å². The zero-order valence-electron chi connectivity index (χ0n) is 12.7. The lowest BCUT2D eigenvalue weighted by molar-refractivity contribution is -0.384. The van der Waals surface area contributed by atoms with E-state index in [0.29, 0.717) is 32.6 Å². The Morgan fingerprint density at radius 1 is 1.21 bits per heavy atom. The molecule has 0 aliphatic heterocycles. The van der Waals surface area contributed by atoms with Gasteiger partial charge in [0.25, 0.3) is 11.2 Å². The third-order valence-corrected chi connectivity index (χ3v) is 4.21. The minimum atomic E-state index is -0.487. The second-order valence-electron chi connectivity index (χ2n) is 5.34. The number of nitro groups is 1. The Hall–Kier alpha value is -2.70. The Kier molecular flexibility index (Phi) is 4.09. The van der Waals surface area contributed by atoms with Crippen LogP contribution in [-0.4, -0.2) is 14.6 Å². The monoisotopic (exact) mass is 344 g/mol. The van der Waals surface area contributed by atoms with E-state index >= 15 is 0 Å². The van der Waals surface area contributed by atoms with Crippen molar-refractivity contribution in [3.63, 3.8) is 0 Å². The van der Waals surface area contributed by atoms with E-state index in [1.165, 1.54) is 16.7 Å². The third kappa shape index (κ3) is 2.55. The van der Waals surface area contributed by atoms with Crippen molar-refractivity contribution in [1.82, 2.24) is 4.57 Å². The molecule has 0 saturated carbocycles. The van der Waals surface area contributed by atoms with Crippen LogP contribution in [0.1, 0.15) is 5.69 Å². The van der Waals surface area contributed by atoms with Gasteiger partial charge in [-0.25, -0.2) is 0 Å². The summed E-state index contributed by atoms with van der Waals surface area (Å²) in [5, 5.41) is 22.2. The average Bonchev–Trinajstić information content (AvgIpc) is 2.57. The van der Waals surface area contributed by atoms with E-state index in [0.717, 1.165) is 0 Å². The SMILES string of the molecule is Cn1c(CO)c(-c2cccc([N+](=O)[O-])c2)c2cc(Cl)ccc2c1=O. The summed E-state index contributed by atoms with van der Waals surface area (Å²) in [6.07, 6.45) is 0. The maximum absolute atomic E-state index is 12.5. The van der Waals surface area contributed by atoms with Crippen molar-refractivity contribution in [1.29, 1.82) is 0 Å². The molecule has 0 atom stereocenters. The van der Waals surface area contributed by atoms with Crippen LogP contribution in [0.3, 0.4) is 0 Å². The molecular weight excluding hydrogens is 332 g/mol. The number of rotatable bonds is 3. The highest BCUT2D eigenvalue weighted by Gasteiger charge is 2.18. The first-order chi connectivity index (χ1) is 11.4. The highest BCUT2D eigenvalue weighted by Crippen LogP contribution is 2.33. The molecule has 0 radical (unpaired) electrons. The normalized spacial score (nSPS) is 11.0. The summed E-state index contributed by atoms with van der Waals surface area (Å²) < 4.78 is 1.35. The van der Waals surface area contributed by atoms with Crippen molar-refractivity contribution >= 4 is 28.1 Å². The molecule has 1 heterocycles. The largest absolute Gasteiger partial charge is 0.390 e. The molecular formula is C17H13ClN2O4. The van der Waals surface area contributed by atoms with E-state index < -0.39 is 4.92 Å². The van der Waals surface area contributed by atoms with Crippen LogP contribution in [0.4, 0.5) is 5.69 Å². The van der Waals surface area contributed by atoms with Crippen LogP contribution in [0.2, 0.25) is 5.02 Å². The maximum atomic E-state index is 12.5. The molecule has 0 spiro atoms. The summed E-state index contributed by atoms with van der Waals surface area (Å²) in [6, 6.07) is 10.9. The lowest BCUT2D eigenvalue weighted by Crippen LogP contribution is -2.22. The minimum absolute atomic E-state index is 0.0691. The molecule has 0 aliphatic carbocycles. The average molecular weight is 345 g/mol. The van der Waals surface area contributed by atoms with Gasteiger partial charge in [0.05, 0.1) is 17.2 Å². The highest BCUT2D eigenvalue weighted by atomic mass is 35.5. The third-order valence-electron chi connectivity index (χ3n) is 3.97. The Bertz CT molecular complexity index is 1030. The van der Waals surface area contributed by atoms with Crippen LogP contribution in [0, 0.1) is 10.1 Å².